The normalized spacial score (nSPS) is 16.0. The third-order valence-corrected chi connectivity index (χ3v) is 5.23. The number of nitrogens with zero attached hydrogens (tertiary/aromatic N) is 1. The summed E-state index contributed by atoms with van der Waals surface area (Å²) >= 11 is 1.44. The topological polar surface area (TPSA) is 40.5 Å². The van der Waals surface area contributed by atoms with Crippen molar-refractivity contribution in [2.24, 2.45) is 5.92 Å². The Morgan fingerprint density at radius 1 is 1.18 bits per heavy atom. The van der Waals surface area contributed by atoms with Crippen LogP contribution in [0.25, 0.3) is 10.4 Å². The number of hydrogen-bond acceptors (Lipinski definition) is 3. The molecule has 3 nitrogen and oxygen atoms in total. The number of benzene rings is 1. The zero-order chi connectivity index (χ0) is 15.5. The van der Waals surface area contributed by atoms with E-state index < -0.39 is 0 Å². The smallest absolute Gasteiger partial charge is 0.263 e. The standard InChI is InChI=1S/C17H18FNO2S/c18-14-3-1-13(2-4-14)15-5-6-16(22-15)17(21)19-9-7-12(11-20)8-10-19/h1-6,12,20H,7-11H2. The highest BCUT2D eigenvalue weighted by atomic mass is 32.1. The van der Waals surface area contributed by atoms with Gasteiger partial charge in [-0.3, -0.25) is 4.79 Å². The lowest BCUT2D eigenvalue weighted by Gasteiger charge is -2.30. The van der Waals surface area contributed by atoms with Gasteiger partial charge >= 0.3 is 0 Å². The monoisotopic (exact) mass is 319 g/mol. The molecule has 22 heavy (non-hydrogen) atoms. The Morgan fingerprint density at radius 2 is 1.86 bits per heavy atom. The van der Waals surface area contributed by atoms with Gasteiger partial charge in [-0.15, -0.1) is 11.3 Å². The van der Waals surface area contributed by atoms with E-state index in [2.05, 4.69) is 0 Å². The lowest BCUT2D eigenvalue weighted by molar-refractivity contribution is 0.0655. The summed E-state index contributed by atoms with van der Waals surface area (Å²) in [6, 6.07) is 10.0. The number of halogens is 1. The van der Waals surface area contributed by atoms with Crippen molar-refractivity contribution < 1.29 is 14.3 Å². The van der Waals surface area contributed by atoms with Crippen molar-refractivity contribution in [3.63, 3.8) is 0 Å². The first kappa shape index (κ1) is 15.2. The van der Waals surface area contributed by atoms with Crippen LogP contribution in [0.2, 0.25) is 0 Å². The maximum Gasteiger partial charge on any atom is 0.263 e. The second-order valence-electron chi connectivity index (χ2n) is 5.59. The highest BCUT2D eigenvalue weighted by Gasteiger charge is 2.24. The van der Waals surface area contributed by atoms with E-state index in [-0.39, 0.29) is 18.3 Å². The quantitative estimate of drug-likeness (QED) is 0.942. The Bertz CT molecular complexity index is 645. The Kier molecular flexibility index (Phi) is 4.55. The molecular formula is C17H18FNO2S. The number of rotatable bonds is 3. The minimum Gasteiger partial charge on any atom is -0.396 e. The molecule has 0 spiro atoms. The van der Waals surface area contributed by atoms with Crippen LogP contribution in [0.15, 0.2) is 36.4 Å². The number of aliphatic hydroxyl groups excluding tert-OH is 1. The van der Waals surface area contributed by atoms with Gasteiger partial charge in [0.2, 0.25) is 0 Å². The molecule has 1 fully saturated rings. The van der Waals surface area contributed by atoms with E-state index in [9.17, 15) is 9.18 Å². The first-order valence-electron chi connectivity index (χ1n) is 7.43. The van der Waals surface area contributed by atoms with Gasteiger partial charge < -0.3 is 10.0 Å². The summed E-state index contributed by atoms with van der Waals surface area (Å²) in [7, 11) is 0. The number of thiophene rings is 1. The van der Waals surface area contributed by atoms with E-state index >= 15 is 0 Å². The molecule has 1 saturated heterocycles. The fourth-order valence-electron chi connectivity index (χ4n) is 2.70. The zero-order valence-corrected chi connectivity index (χ0v) is 13.0. The van der Waals surface area contributed by atoms with E-state index in [1.165, 1.54) is 23.5 Å². The third kappa shape index (κ3) is 3.20. The summed E-state index contributed by atoms with van der Waals surface area (Å²) in [6.45, 7) is 1.61. The van der Waals surface area contributed by atoms with Gasteiger partial charge in [-0.25, -0.2) is 4.39 Å². The van der Waals surface area contributed by atoms with Crippen LogP contribution in [-0.2, 0) is 0 Å². The molecular weight excluding hydrogens is 301 g/mol. The van der Waals surface area contributed by atoms with Gasteiger partial charge in [0.15, 0.2) is 0 Å². The average Bonchev–Trinajstić information content (AvgIpc) is 3.05. The van der Waals surface area contributed by atoms with E-state index in [4.69, 9.17) is 5.11 Å². The van der Waals surface area contributed by atoms with Crippen LogP contribution in [-0.4, -0.2) is 35.6 Å². The van der Waals surface area contributed by atoms with Gasteiger partial charge in [-0.2, -0.15) is 0 Å². The summed E-state index contributed by atoms with van der Waals surface area (Å²) in [5.41, 5.74) is 0.921. The van der Waals surface area contributed by atoms with Crippen molar-refractivity contribution in [1.29, 1.82) is 0 Å². The van der Waals surface area contributed by atoms with Crippen molar-refractivity contribution in [2.45, 2.75) is 12.8 Å². The first-order valence-corrected chi connectivity index (χ1v) is 8.25. The molecule has 0 unspecified atom stereocenters. The molecule has 116 valence electrons. The van der Waals surface area contributed by atoms with Crippen molar-refractivity contribution in [1.82, 2.24) is 4.90 Å². The highest BCUT2D eigenvalue weighted by Crippen LogP contribution is 2.29. The van der Waals surface area contributed by atoms with E-state index in [1.807, 2.05) is 17.0 Å². The molecule has 0 bridgehead atoms. The SMILES string of the molecule is O=C(c1ccc(-c2ccc(F)cc2)s1)N1CCC(CO)CC1. The molecule has 1 aliphatic rings. The maximum atomic E-state index is 13.0. The second-order valence-corrected chi connectivity index (χ2v) is 6.67. The molecule has 1 aromatic heterocycles. The summed E-state index contributed by atoms with van der Waals surface area (Å²) in [5.74, 6) is 0.111. The fraction of sp³-hybridized carbons (Fsp3) is 0.353. The Hall–Kier alpha value is -1.72. The van der Waals surface area contributed by atoms with E-state index in [1.54, 1.807) is 12.1 Å². The summed E-state index contributed by atoms with van der Waals surface area (Å²) in [5, 5.41) is 9.15. The van der Waals surface area contributed by atoms with E-state index in [0.717, 1.165) is 23.3 Å². The third-order valence-electron chi connectivity index (χ3n) is 4.11. The minimum atomic E-state index is -0.261. The minimum absolute atomic E-state index is 0.0507. The highest BCUT2D eigenvalue weighted by molar-refractivity contribution is 7.17. The van der Waals surface area contributed by atoms with Crippen LogP contribution < -0.4 is 0 Å². The van der Waals surface area contributed by atoms with Crippen LogP contribution >= 0.6 is 11.3 Å². The van der Waals surface area contributed by atoms with Crippen molar-refractivity contribution in [3.8, 4) is 10.4 Å². The fourth-order valence-corrected chi connectivity index (χ4v) is 3.68. The average molecular weight is 319 g/mol. The number of hydrogen-bond donors (Lipinski definition) is 1. The molecule has 0 atom stereocenters. The lowest BCUT2D eigenvalue weighted by atomic mass is 9.98. The van der Waals surface area contributed by atoms with Crippen LogP contribution in [0.3, 0.4) is 0 Å². The van der Waals surface area contributed by atoms with Gasteiger partial charge in [-0.1, -0.05) is 12.1 Å². The molecule has 5 heteroatoms. The Balaban J connectivity index is 1.71. The number of carbonyl (C=O) groups is 1. The first-order chi connectivity index (χ1) is 10.7. The second kappa shape index (κ2) is 6.58. The maximum absolute atomic E-state index is 13.0. The number of likely N-dealkylation sites (tertiary alicyclic amines) is 1. The number of amides is 1. The van der Waals surface area contributed by atoms with Crippen molar-refractivity contribution in [2.75, 3.05) is 19.7 Å². The molecule has 0 saturated carbocycles. The molecule has 2 heterocycles. The van der Waals surface area contributed by atoms with Gasteiger partial charge in [0.05, 0.1) is 4.88 Å². The summed E-state index contributed by atoms with van der Waals surface area (Å²) < 4.78 is 13.0. The van der Waals surface area contributed by atoms with Crippen LogP contribution in [0.4, 0.5) is 4.39 Å². The summed E-state index contributed by atoms with van der Waals surface area (Å²) in [4.78, 5) is 16.0. The van der Waals surface area contributed by atoms with Gasteiger partial charge in [0, 0.05) is 24.6 Å². The molecule has 0 aliphatic carbocycles. The van der Waals surface area contributed by atoms with Crippen LogP contribution in [0, 0.1) is 11.7 Å². The molecule has 0 radical (unpaired) electrons. The lowest BCUT2D eigenvalue weighted by Crippen LogP contribution is -2.38. The number of piperidine rings is 1. The predicted octanol–water partition coefficient (Wildman–Crippen LogP) is 3.40. The molecule has 1 amide bonds. The Labute approximate surface area is 133 Å². The predicted molar refractivity (Wildman–Crippen MR) is 85.4 cm³/mol. The van der Waals surface area contributed by atoms with Crippen LogP contribution in [0.1, 0.15) is 22.5 Å². The number of carbonyl (C=O) groups excluding carboxylic acids is 1. The van der Waals surface area contributed by atoms with Crippen molar-refractivity contribution >= 4 is 17.2 Å². The zero-order valence-electron chi connectivity index (χ0n) is 12.2. The number of aliphatic hydroxyl groups is 1. The Morgan fingerprint density at radius 3 is 2.50 bits per heavy atom. The van der Waals surface area contributed by atoms with Crippen molar-refractivity contribution in [3.05, 3.63) is 47.1 Å². The van der Waals surface area contributed by atoms with Crippen LogP contribution in [0.5, 0.6) is 0 Å². The van der Waals surface area contributed by atoms with E-state index in [0.29, 0.717) is 23.9 Å². The molecule has 1 aliphatic heterocycles. The molecule has 1 N–H and O–H groups in total. The van der Waals surface area contributed by atoms with Gasteiger partial charge in [0.1, 0.15) is 5.82 Å². The summed E-state index contributed by atoms with van der Waals surface area (Å²) in [6.07, 6.45) is 1.72. The molecule has 3 rings (SSSR count). The largest absolute Gasteiger partial charge is 0.396 e. The molecule has 2 aromatic rings. The van der Waals surface area contributed by atoms with Gasteiger partial charge in [0.25, 0.3) is 5.91 Å². The van der Waals surface area contributed by atoms with Gasteiger partial charge in [-0.05, 0) is 48.6 Å². The molecule has 1 aromatic carbocycles.